The summed E-state index contributed by atoms with van der Waals surface area (Å²) in [5, 5.41) is 0. The molecule has 2 rings (SSSR count). The molecule has 1 aromatic rings. The Morgan fingerprint density at radius 3 is 2.37 bits per heavy atom. The highest BCUT2D eigenvalue weighted by atomic mass is 19.2. The van der Waals surface area contributed by atoms with E-state index in [1.807, 2.05) is 0 Å². The quantitative estimate of drug-likeness (QED) is 0.673. The maximum absolute atomic E-state index is 13.8. The maximum Gasteiger partial charge on any atom is 0.173 e. The summed E-state index contributed by atoms with van der Waals surface area (Å²) >= 11 is 0. The molecule has 0 atom stereocenters. The molecule has 1 fully saturated rings. The van der Waals surface area contributed by atoms with Crippen molar-refractivity contribution in [3.05, 3.63) is 35.4 Å². The van der Waals surface area contributed by atoms with E-state index >= 15 is 0 Å². The Bertz CT molecular complexity index is 465. The van der Waals surface area contributed by atoms with E-state index in [-0.39, 0.29) is 17.9 Å². The zero-order chi connectivity index (χ0) is 13.9. The van der Waals surface area contributed by atoms with E-state index in [1.54, 1.807) is 0 Å². The Morgan fingerprint density at radius 2 is 1.79 bits per heavy atom. The van der Waals surface area contributed by atoms with Crippen LogP contribution in [0.25, 0.3) is 0 Å². The van der Waals surface area contributed by atoms with Crippen LogP contribution in [0.15, 0.2) is 18.2 Å². The Balaban J connectivity index is 2.37. The number of rotatable bonds is 3. The minimum atomic E-state index is -1.05. The van der Waals surface area contributed by atoms with E-state index in [2.05, 4.69) is 0 Å². The molecule has 0 heterocycles. The lowest BCUT2D eigenvalue weighted by atomic mass is 9.74. The van der Waals surface area contributed by atoms with Crippen LogP contribution in [0, 0.1) is 17.0 Å². The van der Waals surface area contributed by atoms with Gasteiger partial charge in [0.25, 0.3) is 0 Å². The molecule has 0 amide bonds. The van der Waals surface area contributed by atoms with Crippen LogP contribution in [-0.4, -0.2) is 12.3 Å². The molecule has 0 aliphatic heterocycles. The van der Waals surface area contributed by atoms with Crippen LogP contribution < -0.4 is 5.73 Å². The number of Topliss-reactive ketones (excluding diaryl/α,β-unsaturated/α-hetero) is 1. The number of carbonyl (C=O) groups is 1. The van der Waals surface area contributed by atoms with Crippen molar-refractivity contribution < 1.29 is 13.6 Å². The van der Waals surface area contributed by atoms with E-state index in [0.29, 0.717) is 12.8 Å². The minimum Gasteiger partial charge on any atom is -0.329 e. The molecule has 2 N–H and O–H groups in total. The fraction of sp³-hybridized carbons (Fsp3) is 0.533. The van der Waals surface area contributed by atoms with Gasteiger partial charge in [0.05, 0.1) is 5.56 Å². The average molecular weight is 267 g/mol. The van der Waals surface area contributed by atoms with Crippen molar-refractivity contribution in [2.75, 3.05) is 6.54 Å². The van der Waals surface area contributed by atoms with Gasteiger partial charge >= 0.3 is 0 Å². The number of ketones is 1. The van der Waals surface area contributed by atoms with Gasteiger partial charge in [0.2, 0.25) is 0 Å². The molecule has 0 unspecified atom stereocenters. The van der Waals surface area contributed by atoms with Crippen molar-refractivity contribution in [3.8, 4) is 0 Å². The molecule has 104 valence electrons. The normalized spacial score (nSPS) is 18.9. The maximum atomic E-state index is 13.8. The Morgan fingerprint density at radius 1 is 1.16 bits per heavy atom. The minimum absolute atomic E-state index is 0.160. The Kier molecular flexibility index (Phi) is 4.30. The summed E-state index contributed by atoms with van der Waals surface area (Å²) < 4.78 is 27.0. The SMILES string of the molecule is NCC1(C(=O)c2cccc(F)c2F)CCCCCC1. The standard InChI is InChI=1S/C15H19F2NO/c16-12-7-5-6-11(13(12)17)14(19)15(10-18)8-3-1-2-4-9-15/h5-7H,1-4,8-10,18H2. The second-order valence-electron chi connectivity index (χ2n) is 5.33. The summed E-state index contributed by atoms with van der Waals surface area (Å²) in [6.45, 7) is 0.196. The van der Waals surface area contributed by atoms with E-state index in [4.69, 9.17) is 5.73 Å². The molecule has 1 aliphatic rings. The van der Waals surface area contributed by atoms with Gasteiger partial charge in [0.1, 0.15) is 0 Å². The van der Waals surface area contributed by atoms with Crippen LogP contribution in [0.1, 0.15) is 48.9 Å². The zero-order valence-electron chi connectivity index (χ0n) is 10.9. The predicted octanol–water partition coefficient (Wildman–Crippen LogP) is 3.45. The number of benzene rings is 1. The molecule has 0 radical (unpaired) electrons. The molecule has 1 aromatic carbocycles. The van der Waals surface area contributed by atoms with Crippen LogP contribution in [0.4, 0.5) is 8.78 Å². The summed E-state index contributed by atoms with van der Waals surface area (Å²) in [7, 11) is 0. The highest BCUT2D eigenvalue weighted by Gasteiger charge is 2.39. The van der Waals surface area contributed by atoms with Gasteiger partial charge < -0.3 is 5.73 Å². The Labute approximate surface area is 112 Å². The lowest BCUT2D eigenvalue weighted by Crippen LogP contribution is -2.39. The molecule has 4 heteroatoms. The van der Waals surface area contributed by atoms with Crippen LogP contribution in [0.2, 0.25) is 0 Å². The highest BCUT2D eigenvalue weighted by molar-refractivity contribution is 6.01. The van der Waals surface area contributed by atoms with Crippen LogP contribution in [0.3, 0.4) is 0 Å². The first-order valence-electron chi connectivity index (χ1n) is 6.80. The van der Waals surface area contributed by atoms with E-state index in [0.717, 1.165) is 31.7 Å². The number of hydrogen-bond acceptors (Lipinski definition) is 2. The largest absolute Gasteiger partial charge is 0.329 e. The van der Waals surface area contributed by atoms with Gasteiger partial charge in [-0.1, -0.05) is 31.7 Å². The van der Waals surface area contributed by atoms with Gasteiger partial charge in [-0.25, -0.2) is 8.78 Å². The molecule has 1 saturated carbocycles. The first kappa shape index (κ1) is 14.1. The predicted molar refractivity (Wildman–Crippen MR) is 69.9 cm³/mol. The highest BCUT2D eigenvalue weighted by Crippen LogP contribution is 2.37. The number of carbonyl (C=O) groups excluding carboxylic acids is 1. The summed E-state index contributed by atoms with van der Waals surface area (Å²) in [6.07, 6.45) is 5.30. The number of hydrogen-bond donors (Lipinski definition) is 1. The summed E-state index contributed by atoms with van der Waals surface area (Å²) in [6, 6.07) is 3.74. The second-order valence-corrected chi connectivity index (χ2v) is 5.33. The lowest BCUT2D eigenvalue weighted by molar-refractivity contribution is 0.0768. The van der Waals surface area contributed by atoms with Crippen molar-refractivity contribution in [1.82, 2.24) is 0 Å². The van der Waals surface area contributed by atoms with Gasteiger partial charge in [-0.3, -0.25) is 4.79 Å². The van der Waals surface area contributed by atoms with Crippen LogP contribution in [0.5, 0.6) is 0 Å². The first-order chi connectivity index (χ1) is 9.10. The number of nitrogens with two attached hydrogens (primary N) is 1. The number of halogens is 2. The molecule has 0 spiro atoms. The summed E-state index contributed by atoms with van der Waals surface area (Å²) in [4.78, 5) is 12.6. The van der Waals surface area contributed by atoms with Crippen molar-refractivity contribution in [2.45, 2.75) is 38.5 Å². The van der Waals surface area contributed by atoms with Gasteiger partial charge in [-0.2, -0.15) is 0 Å². The molecule has 2 nitrogen and oxygen atoms in total. The molecular weight excluding hydrogens is 248 g/mol. The fourth-order valence-electron chi connectivity index (χ4n) is 2.89. The van der Waals surface area contributed by atoms with Crippen LogP contribution in [-0.2, 0) is 0 Å². The lowest BCUT2D eigenvalue weighted by Gasteiger charge is -2.29. The van der Waals surface area contributed by atoms with E-state index in [9.17, 15) is 13.6 Å². The molecule has 0 bridgehead atoms. The average Bonchev–Trinajstić information content (AvgIpc) is 2.67. The molecule has 19 heavy (non-hydrogen) atoms. The smallest absolute Gasteiger partial charge is 0.173 e. The van der Waals surface area contributed by atoms with Gasteiger partial charge in [-0.05, 0) is 25.0 Å². The van der Waals surface area contributed by atoms with E-state index in [1.165, 1.54) is 12.1 Å². The molecule has 0 aromatic heterocycles. The van der Waals surface area contributed by atoms with Crippen molar-refractivity contribution in [3.63, 3.8) is 0 Å². The van der Waals surface area contributed by atoms with Gasteiger partial charge in [-0.15, -0.1) is 0 Å². The molecular formula is C15H19F2NO. The van der Waals surface area contributed by atoms with E-state index < -0.39 is 17.0 Å². The summed E-state index contributed by atoms with van der Waals surface area (Å²) in [5.74, 6) is -2.37. The summed E-state index contributed by atoms with van der Waals surface area (Å²) in [5.41, 5.74) is 4.92. The monoisotopic (exact) mass is 267 g/mol. The third kappa shape index (κ3) is 2.68. The topological polar surface area (TPSA) is 43.1 Å². The zero-order valence-corrected chi connectivity index (χ0v) is 10.9. The second kappa shape index (κ2) is 5.78. The molecule has 1 aliphatic carbocycles. The van der Waals surface area contributed by atoms with Crippen molar-refractivity contribution in [1.29, 1.82) is 0 Å². The third-order valence-electron chi connectivity index (χ3n) is 4.13. The van der Waals surface area contributed by atoms with Crippen LogP contribution >= 0.6 is 0 Å². The van der Waals surface area contributed by atoms with Crippen molar-refractivity contribution >= 4 is 5.78 Å². The fourth-order valence-corrected chi connectivity index (χ4v) is 2.89. The molecule has 0 saturated heterocycles. The van der Waals surface area contributed by atoms with Gasteiger partial charge in [0.15, 0.2) is 17.4 Å². The van der Waals surface area contributed by atoms with Crippen molar-refractivity contribution in [2.24, 2.45) is 11.1 Å². The Hall–Kier alpha value is -1.29. The van der Waals surface area contributed by atoms with Gasteiger partial charge in [0, 0.05) is 12.0 Å². The third-order valence-corrected chi connectivity index (χ3v) is 4.13. The first-order valence-corrected chi connectivity index (χ1v) is 6.80.